The quantitative estimate of drug-likeness (QED) is 0.518. The van der Waals surface area contributed by atoms with Gasteiger partial charge in [0, 0.05) is 6.42 Å². The molecule has 0 aromatic carbocycles. The van der Waals surface area contributed by atoms with E-state index in [1.165, 1.54) is 0 Å². The number of amides is 2. The minimum atomic E-state index is -0.722. The molecule has 0 saturated heterocycles. The predicted molar refractivity (Wildman–Crippen MR) is 52.0 cm³/mol. The normalized spacial score (nSPS) is 14.7. The summed E-state index contributed by atoms with van der Waals surface area (Å²) in [6.07, 6.45) is 0.873. The third-order valence-electron chi connectivity index (χ3n) is 2.19. The van der Waals surface area contributed by atoms with E-state index in [9.17, 15) is 14.7 Å². The van der Waals surface area contributed by atoms with Gasteiger partial charge in [-0.05, 0) is 19.3 Å². The van der Waals surface area contributed by atoms with Gasteiger partial charge in [0.25, 0.3) is 0 Å². The van der Waals surface area contributed by atoms with Gasteiger partial charge in [-0.1, -0.05) is 6.92 Å². The van der Waals surface area contributed by atoms with Gasteiger partial charge in [0.2, 0.25) is 11.8 Å². The van der Waals surface area contributed by atoms with E-state index in [1.54, 1.807) is 6.92 Å². The first-order chi connectivity index (χ1) is 6.49. The molecule has 0 saturated carbocycles. The maximum atomic E-state index is 10.9. The first kappa shape index (κ1) is 12.9. The van der Waals surface area contributed by atoms with Crippen LogP contribution >= 0.6 is 0 Å². The summed E-state index contributed by atoms with van der Waals surface area (Å²) in [6, 6.07) is 0. The predicted octanol–water partition coefficient (Wildman–Crippen LogP) is -0.486. The number of aliphatic hydroxyl groups is 1. The Morgan fingerprint density at radius 1 is 1.36 bits per heavy atom. The van der Waals surface area contributed by atoms with Gasteiger partial charge in [-0.15, -0.1) is 0 Å². The molecule has 0 aliphatic heterocycles. The van der Waals surface area contributed by atoms with Gasteiger partial charge in [-0.2, -0.15) is 0 Å². The molecule has 5 N–H and O–H groups in total. The van der Waals surface area contributed by atoms with E-state index >= 15 is 0 Å². The summed E-state index contributed by atoms with van der Waals surface area (Å²) in [5, 5.41) is 9.44. The highest BCUT2D eigenvalue weighted by molar-refractivity contribution is 5.77. The second kappa shape index (κ2) is 6.37. The molecule has 0 rings (SSSR count). The van der Waals surface area contributed by atoms with E-state index in [2.05, 4.69) is 0 Å². The van der Waals surface area contributed by atoms with Crippen molar-refractivity contribution in [2.75, 3.05) is 0 Å². The summed E-state index contributed by atoms with van der Waals surface area (Å²) in [5.41, 5.74) is 10.1. The van der Waals surface area contributed by atoms with Crippen LogP contribution in [0.25, 0.3) is 0 Å². The molecule has 0 bridgehead atoms. The second-order valence-corrected chi connectivity index (χ2v) is 3.34. The molecule has 0 aliphatic carbocycles. The van der Waals surface area contributed by atoms with Crippen molar-refractivity contribution in [3.05, 3.63) is 0 Å². The standard InChI is InChI=1S/C9H18N2O3/c1-2-7(12)6(9(11)14)4-3-5-8(10)13/h6-7,12H,2-5H2,1H3,(H2,10,13)(H2,11,14). The van der Waals surface area contributed by atoms with E-state index in [0.717, 1.165) is 0 Å². The molecule has 82 valence electrons. The fraction of sp³-hybridized carbons (Fsp3) is 0.778. The third-order valence-corrected chi connectivity index (χ3v) is 2.19. The van der Waals surface area contributed by atoms with Gasteiger partial charge in [-0.3, -0.25) is 9.59 Å². The molecule has 5 heteroatoms. The zero-order valence-electron chi connectivity index (χ0n) is 8.40. The molecule has 0 aromatic rings. The van der Waals surface area contributed by atoms with Crippen molar-refractivity contribution in [2.24, 2.45) is 17.4 Å². The number of carbonyl (C=O) groups is 2. The Balaban J connectivity index is 3.98. The number of hydrogen-bond acceptors (Lipinski definition) is 3. The zero-order valence-corrected chi connectivity index (χ0v) is 8.40. The Hall–Kier alpha value is -1.10. The van der Waals surface area contributed by atoms with Crippen LogP contribution in [0.4, 0.5) is 0 Å². The Morgan fingerprint density at radius 3 is 2.29 bits per heavy atom. The highest BCUT2D eigenvalue weighted by Crippen LogP contribution is 2.14. The molecule has 14 heavy (non-hydrogen) atoms. The highest BCUT2D eigenvalue weighted by atomic mass is 16.3. The number of rotatable bonds is 7. The number of carbonyl (C=O) groups excluding carboxylic acids is 2. The first-order valence-electron chi connectivity index (χ1n) is 4.74. The maximum absolute atomic E-state index is 10.9. The van der Waals surface area contributed by atoms with Crippen LogP contribution in [0.5, 0.6) is 0 Å². The summed E-state index contributed by atoms with van der Waals surface area (Å²) in [7, 11) is 0. The van der Waals surface area contributed by atoms with Crippen molar-refractivity contribution in [1.82, 2.24) is 0 Å². The molecule has 0 aromatic heterocycles. The molecule has 0 spiro atoms. The van der Waals surface area contributed by atoms with Gasteiger partial charge >= 0.3 is 0 Å². The Labute approximate surface area is 83.5 Å². The first-order valence-corrected chi connectivity index (χ1v) is 4.74. The molecular weight excluding hydrogens is 184 g/mol. The fourth-order valence-electron chi connectivity index (χ4n) is 1.30. The number of primary amides is 2. The van der Waals surface area contributed by atoms with Crippen LogP contribution in [0.2, 0.25) is 0 Å². The van der Waals surface area contributed by atoms with E-state index in [4.69, 9.17) is 11.5 Å². The smallest absolute Gasteiger partial charge is 0.223 e. The molecule has 2 amide bonds. The molecule has 5 nitrogen and oxygen atoms in total. The monoisotopic (exact) mass is 202 g/mol. The van der Waals surface area contributed by atoms with E-state index in [0.29, 0.717) is 19.3 Å². The summed E-state index contributed by atoms with van der Waals surface area (Å²) in [4.78, 5) is 21.4. The number of aliphatic hydroxyl groups excluding tert-OH is 1. The Kier molecular flexibility index (Phi) is 5.87. The SMILES string of the molecule is CCC(O)C(CCCC(N)=O)C(N)=O. The lowest BCUT2D eigenvalue weighted by molar-refractivity contribution is -0.126. The molecule has 2 unspecified atom stereocenters. The third kappa shape index (κ3) is 4.81. The summed E-state index contributed by atoms with van der Waals surface area (Å²) in [6.45, 7) is 1.77. The minimum absolute atomic E-state index is 0.222. The Bertz CT molecular complexity index is 206. The maximum Gasteiger partial charge on any atom is 0.223 e. The van der Waals surface area contributed by atoms with Crippen molar-refractivity contribution in [1.29, 1.82) is 0 Å². The van der Waals surface area contributed by atoms with Gasteiger partial charge in [-0.25, -0.2) is 0 Å². The minimum Gasteiger partial charge on any atom is -0.392 e. The van der Waals surface area contributed by atoms with Gasteiger partial charge < -0.3 is 16.6 Å². The van der Waals surface area contributed by atoms with Crippen molar-refractivity contribution < 1.29 is 14.7 Å². The summed E-state index contributed by atoms with van der Waals surface area (Å²) >= 11 is 0. The van der Waals surface area contributed by atoms with E-state index in [1.807, 2.05) is 0 Å². The van der Waals surface area contributed by atoms with E-state index < -0.39 is 23.8 Å². The highest BCUT2D eigenvalue weighted by Gasteiger charge is 2.22. The molecule has 0 fully saturated rings. The van der Waals surface area contributed by atoms with Crippen LogP contribution in [0.3, 0.4) is 0 Å². The van der Waals surface area contributed by atoms with Crippen LogP contribution in [-0.2, 0) is 9.59 Å². The number of hydrogen-bond donors (Lipinski definition) is 3. The topological polar surface area (TPSA) is 106 Å². The lowest BCUT2D eigenvalue weighted by Crippen LogP contribution is -2.33. The molecule has 0 radical (unpaired) electrons. The van der Waals surface area contributed by atoms with Crippen molar-refractivity contribution in [3.8, 4) is 0 Å². The molecule has 2 atom stereocenters. The largest absolute Gasteiger partial charge is 0.392 e. The average molecular weight is 202 g/mol. The number of nitrogens with two attached hydrogens (primary N) is 2. The van der Waals surface area contributed by atoms with Crippen LogP contribution in [0.1, 0.15) is 32.6 Å². The van der Waals surface area contributed by atoms with Gasteiger partial charge in [0.15, 0.2) is 0 Å². The van der Waals surface area contributed by atoms with Crippen LogP contribution in [0, 0.1) is 5.92 Å². The summed E-state index contributed by atoms with van der Waals surface area (Å²) < 4.78 is 0. The van der Waals surface area contributed by atoms with Gasteiger partial charge in [0.1, 0.15) is 0 Å². The van der Waals surface area contributed by atoms with Crippen LogP contribution in [-0.4, -0.2) is 23.0 Å². The molecule has 0 heterocycles. The lowest BCUT2D eigenvalue weighted by atomic mass is 9.93. The molecule has 0 aliphatic rings. The van der Waals surface area contributed by atoms with Crippen LogP contribution in [0.15, 0.2) is 0 Å². The summed E-state index contributed by atoms with van der Waals surface area (Å²) in [5.74, 6) is -1.50. The van der Waals surface area contributed by atoms with Crippen LogP contribution < -0.4 is 11.5 Å². The van der Waals surface area contributed by atoms with Crippen molar-refractivity contribution in [2.45, 2.75) is 38.7 Å². The van der Waals surface area contributed by atoms with E-state index in [-0.39, 0.29) is 6.42 Å². The lowest BCUT2D eigenvalue weighted by Gasteiger charge is -2.17. The fourth-order valence-corrected chi connectivity index (χ4v) is 1.30. The second-order valence-electron chi connectivity index (χ2n) is 3.34. The molecular formula is C9H18N2O3. The van der Waals surface area contributed by atoms with Crippen molar-refractivity contribution in [3.63, 3.8) is 0 Å². The van der Waals surface area contributed by atoms with Crippen molar-refractivity contribution >= 4 is 11.8 Å². The zero-order chi connectivity index (χ0) is 11.1. The average Bonchev–Trinajstić information content (AvgIpc) is 2.10. The Morgan fingerprint density at radius 2 is 1.93 bits per heavy atom. The van der Waals surface area contributed by atoms with Gasteiger partial charge in [0.05, 0.1) is 12.0 Å².